The third-order valence-electron chi connectivity index (χ3n) is 1.35. The molecule has 0 aliphatic carbocycles. The van der Waals surface area contributed by atoms with Crippen molar-refractivity contribution in [2.24, 2.45) is 0 Å². The van der Waals surface area contributed by atoms with Crippen molar-refractivity contribution in [3.05, 3.63) is 24.8 Å². The Labute approximate surface area is 90.3 Å². The molecule has 0 rings (SSSR count). The zero-order valence-electron chi connectivity index (χ0n) is 8.49. The Kier molecular flexibility index (Phi) is 7.56. The first kappa shape index (κ1) is 13.1. The lowest BCUT2D eigenvalue weighted by atomic mass is 10.2. The first-order chi connectivity index (χ1) is 7.22. The van der Waals surface area contributed by atoms with E-state index in [1.807, 2.05) is 0 Å². The predicted octanol–water partition coefficient (Wildman–Crippen LogP) is 0.480. The van der Waals surface area contributed by atoms with Gasteiger partial charge in [0, 0.05) is 0 Å². The van der Waals surface area contributed by atoms with Crippen LogP contribution in [0.2, 0.25) is 0 Å². The molecule has 76 valence electrons. The second-order valence-electron chi connectivity index (χ2n) is 2.47. The lowest BCUT2D eigenvalue weighted by molar-refractivity contribution is 0.0811. The summed E-state index contributed by atoms with van der Waals surface area (Å²) in [7, 11) is 0. The van der Waals surface area contributed by atoms with Gasteiger partial charge >= 0.3 is 0 Å². The van der Waals surface area contributed by atoms with Crippen LogP contribution >= 0.6 is 0 Å². The number of hydrogen-bond acceptors (Lipinski definition) is 2. The van der Waals surface area contributed by atoms with Gasteiger partial charge in [-0.1, -0.05) is 17.9 Å². The zero-order chi connectivity index (χ0) is 11.5. The molecular weight excluding hydrogens is 188 g/mol. The lowest BCUT2D eigenvalue weighted by Crippen LogP contribution is -2.20. The third-order valence-corrected chi connectivity index (χ3v) is 1.35. The van der Waals surface area contributed by atoms with Crippen LogP contribution in [-0.4, -0.2) is 22.4 Å². The smallest absolute Gasteiger partial charge is 0.102 e. The first-order valence-corrected chi connectivity index (χ1v) is 4.30. The topological polar surface area (TPSA) is 40.5 Å². The standard InChI is InChI=1S/C13H12O2/c1-3-5-6-7-8-9-10-11-13(15)12(14)4-2/h4,10-15H,2H2,1H3/b11-10-/t12-,13-/m0/s1. The van der Waals surface area contributed by atoms with E-state index in [1.54, 1.807) is 6.92 Å². The van der Waals surface area contributed by atoms with Gasteiger partial charge in [-0.3, -0.25) is 0 Å². The quantitative estimate of drug-likeness (QED) is 0.514. The Bertz CT molecular complexity index is 399. The Balaban J connectivity index is 4.14. The Morgan fingerprint density at radius 2 is 1.73 bits per heavy atom. The molecule has 0 saturated carbocycles. The molecule has 0 amide bonds. The Morgan fingerprint density at radius 1 is 1.07 bits per heavy atom. The number of rotatable bonds is 3. The van der Waals surface area contributed by atoms with E-state index in [4.69, 9.17) is 5.11 Å². The summed E-state index contributed by atoms with van der Waals surface area (Å²) in [6.07, 6.45) is 2.08. The van der Waals surface area contributed by atoms with Gasteiger partial charge in [0.15, 0.2) is 0 Å². The van der Waals surface area contributed by atoms with E-state index in [0.717, 1.165) is 0 Å². The molecule has 0 aromatic carbocycles. The molecule has 0 bridgehead atoms. The minimum absolute atomic E-state index is 0.972. The lowest BCUT2D eigenvalue weighted by Gasteiger charge is -2.07. The van der Waals surface area contributed by atoms with Crippen LogP contribution in [0.25, 0.3) is 0 Å². The fraction of sp³-hybridized carbons (Fsp3) is 0.231. The van der Waals surface area contributed by atoms with Gasteiger partial charge in [-0.15, -0.1) is 6.58 Å². The molecule has 0 radical (unpaired) electrons. The van der Waals surface area contributed by atoms with Crippen molar-refractivity contribution in [2.45, 2.75) is 19.1 Å². The highest BCUT2D eigenvalue weighted by atomic mass is 16.3. The van der Waals surface area contributed by atoms with Crippen LogP contribution < -0.4 is 0 Å². The molecule has 0 heterocycles. The monoisotopic (exact) mass is 200 g/mol. The number of aliphatic hydroxyl groups excluding tert-OH is 2. The molecule has 0 unspecified atom stereocenters. The number of hydrogen-bond donors (Lipinski definition) is 2. The highest BCUT2D eigenvalue weighted by molar-refractivity contribution is 5.37. The second kappa shape index (κ2) is 8.67. The molecular formula is C13H12O2. The Hall–Kier alpha value is -1.92. The fourth-order valence-electron chi connectivity index (χ4n) is 0.603. The van der Waals surface area contributed by atoms with E-state index in [-0.39, 0.29) is 0 Å². The maximum absolute atomic E-state index is 9.22. The molecule has 2 nitrogen and oxygen atoms in total. The molecule has 0 aromatic heterocycles. The van der Waals surface area contributed by atoms with Crippen LogP contribution in [0, 0.1) is 35.5 Å². The van der Waals surface area contributed by atoms with Crippen molar-refractivity contribution in [2.75, 3.05) is 0 Å². The van der Waals surface area contributed by atoms with Crippen LogP contribution in [0.5, 0.6) is 0 Å². The van der Waals surface area contributed by atoms with Crippen molar-refractivity contribution >= 4 is 0 Å². The molecule has 0 fully saturated rings. The molecule has 2 heteroatoms. The summed E-state index contributed by atoms with van der Waals surface area (Å²) in [5.41, 5.74) is 0. The van der Waals surface area contributed by atoms with Crippen LogP contribution in [0.15, 0.2) is 24.8 Å². The van der Waals surface area contributed by atoms with Crippen molar-refractivity contribution < 1.29 is 10.2 Å². The van der Waals surface area contributed by atoms with Gasteiger partial charge in [-0.2, -0.15) is 0 Å². The van der Waals surface area contributed by atoms with Crippen LogP contribution in [-0.2, 0) is 0 Å². The van der Waals surface area contributed by atoms with Crippen molar-refractivity contribution in [1.29, 1.82) is 0 Å². The molecule has 0 aliphatic rings. The van der Waals surface area contributed by atoms with Gasteiger partial charge < -0.3 is 10.2 Å². The van der Waals surface area contributed by atoms with Gasteiger partial charge in [-0.05, 0) is 42.8 Å². The van der Waals surface area contributed by atoms with Gasteiger partial charge in [0.1, 0.15) is 12.2 Å². The van der Waals surface area contributed by atoms with Crippen LogP contribution in [0.4, 0.5) is 0 Å². The van der Waals surface area contributed by atoms with Crippen LogP contribution in [0.3, 0.4) is 0 Å². The van der Waals surface area contributed by atoms with E-state index in [2.05, 4.69) is 42.1 Å². The third kappa shape index (κ3) is 7.17. The maximum atomic E-state index is 9.22. The number of aliphatic hydroxyl groups is 2. The van der Waals surface area contributed by atoms with E-state index in [9.17, 15) is 5.11 Å². The Morgan fingerprint density at radius 3 is 2.33 bits per heavy atom. The highest BCUT2D eigenvalue weighted by Crippen LogP contribution is 1.95. The molecule has 0 saturated heterocycles. The fourth-order valence-corrected chi connectivity index (χ4v) is 0.603. The summed E-state index contributed by atoms with van der Waals surface area (Å²) < 4.78 is 0. The summed E-state index contributed by atoms with van der Waals surface area (Å²) in [5, 5.41) is 18.3. The van der Waals surface area contributed by atoms with Gasteiger partial charge in [-0.25, -0.2) is 0 Å². The van der Waals surface area contributed by atoms with Gasteiger partial charge in [0.2, 0.25) is 0 Å². The minimum Gasteiger partial charge on any atom is -0.386 e. The summed E-state index contributed by atoms with van der Waals surface area (Å²) in [4.78, 5) is 0. The second-order valence-corrected chi connectivity index (χ2v) is 2.47. The summed E-state index contributed by atoms with van der Waals surface area (Å²) in [6.45, 7) is 5.03. The van der Waals surface area contributed by atoms with E-state index < -0.39 is 12.2 Å². The van der Waals surface area contributed by atoms with Gasteiger partial charge in [0.25, 0.3) is 0 Å². The summed E-state index contributed by atoms with van der Waals surface area (Å²) >= 11 is 0. The average molecular weight is 200 g/mol. The SMILES string of the molecule is C=C[C@H](O)[C@@H](O)/C=C\C#CC#CC#CC. The molecule has 0 spiro atoms. The van der Waals surface area contributed by atoms with Crippen LogP contribution in [0.1, 0.15) is 6.92 Å². The number of allylic oxidation sites excluding steroid dienone is 1. The molecule has 15 heavy (non-hydrogen) atoms. The summed E-state index contributed by atoms with van der Waals surface area (Å²) in [5.74, 6) is 15.2. The molecule has 0 aromatic rings. The predicted molar refractivity (Wildman–Crippen MR) is 60.4 cm³/mol. The normalized spacial score (nSPS) is 12.2. The van der Waals surface area contributed by atoms with Crippen molar-refractivity contribution in [3.63, 3.8) is 0 Å². The first-order valence-electron chi connectivity index (χ1n) is 4.30. The minimum atomic E-state index is -0.986. The van der Waals surface area contributed by atoms with Gasteiger partial charge in [0.05, 0.1) is 0 Å². The van der Waals surface area contributed by atoms with Crippen molar-refractivity contribution in [3.8, 4) is 35.5 Å². The average Bonchev–Trinajstić information content (AvgIpc) is 2.26. The van der Waals surface area contributed by atoms with E-state index >= 15 is 0 Å². The summed E-state index contributed by atoms with van der Waals surface area (Å²) in [6, 6.07) is 0. The molecule has 2 N–H and O–H groups in total. The van der Waals surface area contributed by atoms with Crippen molar-refractivity contribution in [1.82, 2.24) is 0 Å². The largest absolute Gasteiger partial charge is 0.386 e. The zero-order valence-corrected chi connectivity index (χ0v) is 8.49. The highest BCUT2D eigenvalue weighted by Gasteiger charge is 2.06. The molecule has 0 aliphatic heterocycles. The van der Waals surface area contributed by atoms with E-state index in [1.165, 1.54) is 18.2 Å². The van der Waals surface area contributed by atoms with E-state index in [0.29, 0.717) is 0 Å². The molecule has 2 atom stereocenters. The maximum Gasteiger partial charge on any atom is 0.102 e.